The first-order valence-corrected chi connectivity index (χ1v) is 7.11. The number of hydrogen-bond donors (Lipinski definition) is 1. The average molecular weight is 299 g/mol. The lowest BCUT2D eigenvalue weighted by molar-refractivity contribution is 0.0477. The van der Waals surface area contributed by atoms with Crippen molar-refractivity contribution in [1.82, 2.24) is 9.97 Å². The van der Waals surface area contributed by atoms with E-state index in [1.165, 1.54) is 23.5 Å². The molecule has 0 amide bonds. The van der Waals surface area contributed by atoms with Gasteiger partial charge in [0.15, 0.2) is 5.69 Å². The van der Waals surface area contributed by atoms with Gasteiger partial charge in [0.25, 0.3) is 0 Å². The molecule has 6 nitrogen and oxygen atoms in total. The third-order valence-electron chi connectivity index (χ3n) is 3.78. The van der Waals surface area contributed by atoms with E-state index in [0.29, 0.717) is 19.0 Å². The Morgan fingerprint density at radius 3 is 2.91 bits per heavy atom. The maximum Gasteiger partial charge on any atom is 0.356 e. The minimum absolute atomic E-state index is 0.0177. The molecule has 1 aromatic carbocycles. The fourth-order valence-corrected chi connectivity index (χ4v) is 2.60. The second-order valence-electron chi connectivity index (χ2n) is 5.25. The van der Waals surface area contributed by atoms with Gasteiger partial charge in [-0.2, -0.15) is 0 Å². The van der Waals surface area contributed by atoms with Gasteiger partial charge in [-0.3, -0.25) is 0 Å². The van der Waals surface area contributed by atoms with E-state index in [4.69, 9.17) is 9.84 Å². The molecule has 3 rings (SSSR count). The number of carboxylic acid groups (broad SMARTS) is 1. The molecule has 0 radical (unpaired) electrons. The summed E-state index contributed by atoms with van der Waals surface area (Å²) in [6.45, 7) is 1.34. The second kappa shape index (κ2) is 6.11. The first-order chi connectivity index (χ1) is 10.6. The quantitative estimate of drug-likeness (QED) is 0.929. The molecule has 0 spiro atoms. The molecule has 114 valence electrons. The lowest BCUT2D eigenvalue weighted by Gasteiger charge is -2.30. The summed E-state index contributed by atoms with van der Waals surface area (Å²) >= 11 is 0. The number of aromatic carboxylic acids is 1. The number of carboxylic acids is 1. The van der Waals surface area contributed by atoms with E-state index in [-0.39, 0.29) is 11.8 Å². The fourth-order valence-electron chi connectivity index (χ4n) is 2.60. The van der Waals surface area contributed by atoms with Crippen molar-refractivity contribution in [2.45, 2.75) is 12.5 Å². The molecule has 0 aliphatic carbocycles. The van der Waals surface area contributed by atoms with E-state index in [1.54, 1.807) is 0 Å². The van der Waals surface area contributed by atoms with Crippen LogP contribution in [0.2, 0.25) is 0 Å². The maximum atomic E-state index is 10.8. The Balaban J connectivity index is 1.74. The van der Waals surface area contributed by atoms with Crippen molar-refractivity contribution in [3.05, 3.63) is 53.5 Å². The Morgan fingerprint density at radius 1 is 1.36 bits per heavy atom. The normalized spacial score (nSPS) is 16.9. The molecule has 1 atom stereocenters. The largest absolute Gasteiger partial charge is 0.476 e. The lowest BCUT2D eigenvalue weighted by Crippen LogP contribution is -2.29. The Morgan fingerprint density at radius 2 is 2.18 bits per heavy atom. The number of nitrogens with zero attached hydrogens (tertiary/aromatic N) is 3. The summed E-state index contributed by atoms with van der Waals surface area (Å²) < 4.78 is 5.87. The van der Waals surface area contributed by atoms with Crippen LogP contribution in [0.4, 0.5) is 5.82 Å². The number of rotatable bonds is 4. The first kappa shape index (κ1) is 14.5. The van der Waals surface area contributed by atoms with Gasteiger partial charge in [-0.15, -0.1) is 0 Å². The standard InChI is InChI=1S/C16H17N3O3/c1-19(15-9-17-13(8-18-15)16(20)21)10-14-12-5-3-2-4-11(12)6-7-22-14/h2-5,8-9,14H,6-7,10H2,1H3,(H,20,21). The van der Waals surface area contributed by atoms with Crippen LogP contribution in [0.1, 0.15) is 27.7 Å². The third kappa shape index (κ3) is 2.92. The van der Waals surface area contributed by atoms with E-state index < -0.39 is 5.97 Å². The summed E-state index contributed by atoms with van der Waals surface area (Å²) in [6, 6.07) is 8.28. The highest BCUT2D eigenvalue weighted by Gasteiger charge is 2.22. The SMILES string of the molecule is CN(CC1OCCc2ccccc21)c1cnc(C(=O)O)cn1. The molecule has 1 unspecified atom stereocenters. The monoisotopic (exact) mass is 299 g/mol. The van der Waals surface area contributed by atoms with Gasteiger partial charge < -0.3 is 14.7 Å². The number of benzene rings is 1. The summed E-state index contributed by atoms with van der Waals surface area (Å²) in [7, 11) is 1.89. The van der Waals surface area contributed by atoms with E-state index in [9.17, 15) is 4.79 Å². The van der Waals surface area contributed by atoms with Crippen LogP contribution in [0.15, 0.2) is 36.7 Å². The Bertz CT molecular complexity index is 673. The summed E-state index contributed by atoms with van der Waals surface area (Å²) in [6.07, 6.45) is 3.65. The fraction of sp³-hybridized carbons (Fsp3) is 0.312. The molecule has 0 fully saturated rings. The zero-order valence-corrected chi connectivity index (χ0v) is 12.3. The average Bonchev–Trinajstić information content (AvgIpc) is 2.55. The maximum absolute atomic E-state index is 10.8. The molecule has 1 aliphatic rings. The van der Waals surface area contributed by atoms with E-state index in [1.807, 2.05) is 24.1 Å². The molecule has 1 N–H and O–H groups in total. The van der Waals surface area contributed by atoms with Crippen LogP contribution in [0.25, 0.3) is 0 Å². The van der Waals surface area contributed by atoms with Gasteiger partial charge in [0.1, 0.15) is 11.9 Å². The van der Waals surface area contributed by atoms with Crippen molar-refractivity contribution in [3.8, 4) is 0 Å². The van der Waals surface area contributed by atoms with Crippen molar-refractivity contribution in [1.29, 1.82) is 0 Å². The topological polar surface area (TPSA) is 75.5 Å². The first-order valence-electron chi connectivity index (χ1n) is 7.11. The number of hydrogen-bond acceptors (Lipinski definition) is 5. The summed E-state index contributed by atoms with van der Waals surface area (Å²) in [4.78, 5) is 20.8. The summed E-state index contributed by atoms with van der Waals surface area (Å²) in [5.41, 5.74) is 2.46. The third-order valence-corrected chi connectivity index (χ3v) is 3.78. The molecule has 6 heteroatoms. The highest BCUT2D eigenvalue weighted by atomic mass is 16.5. The van der Waals surface area contributed by atoms with E-state index in [0.717, 1.165) is 6.42 Å². The predicted molar refractivity (Wildman–Crippen MR) is 81.1 cm³/mol. The number of carbonyl (C=O) groups is 1. The molecular formula is C16H17N3O3. The Kier molecular flexibility index (Phi) is 4.02. The molecule has 0 bridgehead atoms. The van der Waals surface area contributed by atoms with Crippen molar-refractivity contribution in [2.24, 2.45) is 0 Å². The van der Waals surface area contributed by atoms with E-state index >= 15 is 0 Å². The van der Waals surface area contributed by atoms with Crippen LogP contribution >= 0.6 is 0 Å². The summed E-state index contributed by atoms with van der Waals surface area (Å²) in [5, 5.41) is 8.85. The zero-order chi connectivity index (χ0) is 15.5. The highest BCUT2D eigenvalue weighted by Crippen LogP contribution is 2.28. The van der Waals surface area contributed by atoms with Crippen LogP contribution < -0.4 is 4.90 Å². The number of ether oxygens (including phenoxy) is 1. The highest BCUT2D eigenvalue weighted by molar-refractivity contribution is 5.84. The number of aromatic nitrogens is 2. The molecule has 0 saturated carbocycles. The Labute approximate surface area is 128 Å². The minimum atomic E-state index is -1.08. The van der Waals surface area contributed by atoms with Crippen molar-refractivity contribution < 1.29 is 14.6 Å². The van der Waals surface area contributed by atoms with Crippen LogP contribution in [0.5, 0.6) is 0 Å². The zero-order valence-electron chi connectivity index (χ0n) is 12.3. The number of anilines is 1. The van der Waals surface area contributed by atoms with Gasteiger partial charge in [0, 0.05) is 13.6 Å². The molecule has 1 aliphatic heterocycles. The van der Waals surface area contributed by atoms with Gasteiger partial charge in [0.2, 0.25) is 0 Å². The molecule has 2 aromatic rings. The second-order valence-corrected chi connectivity index (χ2v) is 5.25. The van der Waals surface area contributed by atoms with Crippen LogP contribution in [0, 0.1) is 0 Å². The minimum Gasteiger partial charge on any atom is -0.476 e. The van der Waals surface area contributed by atoms with Crippen molar-refractivity contribution >= 4 is 11.8 Å². The number of fused-ring (bicyclic) bond motifs is 1. The molecular weight excluding hydrogens is 282 g/mol. The lowest BCUT2D eigenvalue weighted by atomic mass is 9.97. The van der Waals surface area contributed by atoms with Gasteiger partial charge in [-0.1, -0.05) is 24.3 Å². The van der Waals surface area contributed by atoms with Gasteiger partial charge in [-0.05, 0) is 17.5 Å². The number of likely N-dealkylation sites (N-methyl/N-ethyl adjacent to an activating group) is 1. The van der Waals surface area contributed by atoms with Gasteiger partial charge >= 0.3 is 5.97 Å². The molecule has 22 heavy (non-hydrogen) atoms. The van der Waals surface area contributed by atoms with Crippen LogP contribution in [-0.4, -0.2) is 41.2 Å². The molecule has 1 aromatic heterocycles. The molecule has 2 heterocycles. The Hall–Kier alpha value is -2.47. The van der Waals surface area contributed by atoms with Gasteiger partial charge in [0.05, 0.1) is 19.0 Å². The summed E-state index contributed by atoms with van der Waals surface area (Å²) in [5.74, 6) is -0.456. The van der Waals surface area contributed by atoms with Gasteiger partial charge in [-0.25, -0.2) is 14.8 Å². The molecule has 0 saturated heterocycles. The van der Waals surface area contributed by atoms with Crippen molar-refractivity contribution in [2.75, 3.05) is 25.1 Å². The van der Waals surface area contributed by atoms with Crippen LogP contribution in [-0.2, 0) is 11.2 Å². The van der Waals surface area contributed by atoms with Crippen molar-refractivity contribution in [3.63, 3.8) is 0 Å². The predicted octanol–water partition coefficient (Wildman–Crippen LogP) is 1.93. The smallest absolute Gasteiger partial charge is 0.356 e. The van der Waals surface area contributed by atoms with E-state index in [2.05, 4.69) is 22.1 Å². The van der Waals surface area contributed by atoms with Crippen LogP contribution in [0.3, 0.4) is 0 Å².